The summed E-state index contributed by atoms with van der Waals surface area (Å²) in [4.78, 5) is 12.4. The van der Waals surface area contributed by atoms with E-state index in [0.29, 0.717) is 5.02 Å². The van der Waals surface area contributed by atoms with E-state index in [1.54, 1.807) is 12.1 Å². The highest BCUT2D eigenvalue weighted by molar-refractivity contribution is 9.10. The summed E-state index contributed by atoms with van der Waals surface area (Å²) >= 11 is 9.32. The second kappa shape index (κ2) is 6.01. The number of benzene rings is 1. The Kier molecular flexibility index (Phi) is 4.63. The summed E-state index contributed by atoms with van der Waals surface area (Å²) in [6.45, 7) is 0. The highest BCUT2D eigenvalue weighted by Gasteiger charge is 2.22. The molecule has 0 heterocycles. The van der Waals surface area contributed by atoms with Gasteiger partial charge in [-0.2, -0.15) is 0 Å². The summed E-state index contributed by atoms with van der Waals surface area (Å²) in [5, 5.41) is 0.661. The Bertz CT molecular complexity index is 409. The molecular formula is C14H16BrClO. The Hall–Kier alpha value is -0.340. The maximum absolute atomic E-state index is 12.4. The Labute approximate surface area is 116 Å². The van der Waals surface area contributed by atoms with Crippen LogP contribution in [-0.2, 0) is 0 Å². The molecule has 0 atom stereocenters. The van der Waals surface area contributed by atoms with Crippen LogP contribution in [0.5, 0.6) is 0 Å². The molecule has 0 N–H and O–H groups in total. The normalized spacial score (nSPS) is 17.8. The first kappa shape index (κ1) is 13.1. The fourth-order valence-electron chi connectivity index (χ4n) is 2.45. The zero-order valence-corrected chi connectivity index (χ0v) is 12.1. The van der Waals surface area contributed by atoms with Crippen LogP contribution in [0.3, 0.4) is 0 Å². The summed E-state index contributed by atoms with van der Waals surface area (Å²) in [5.74, 6) is 0.477. The smallest absolute Gasteiger partial charge is 0.167 e. The van der Waals surface area contributed by atoms with Crippen LogP contribution >= 0.6 is 27.5 Å². The van der Waals surface area contributed by atoms with Gasteiger partial charge in [0.05, 0.1) is 0 Å². The Morgan fingerprint density at radius 1 is 1.18 bits per heavy atom. The van der Waals surface area contributed by atoms with Gasteiger partial charge in [0.2, 0.25) is 0 Å². The van der Waals surface area contributed by atoms with E-state index in [0.717, 1.165) is 22.9 Å². The zero-order chi connectivity index (χ0) is 12.3. The van der Waals surface area contributed by atoms with E-state index in [4.69, 9.17) is 11.6 Å². The van der Waals surface area contributed by atoms with Crippen molar-refractivity contribution in [3.63, 3.8) is 0 Å². The first-order valence-corrected chi connectivity index (χ1v) is 7.35. The van der Waals surface area contributed by atoms with Gasteiger partial charge in [0, 0.05) is 21.0 Å². The number of rotatable bonds is 2. The van der Waals surface area contributed by atoms with Gasteiger partial charge < -0.3 is 0 Å². The molecule has 1 aromatic carbocycles. The molecule has 2 rings (SSSR count). The van der Waals surface area contributed by atoms with Gasteiger partial charge in [-0.25, -0.2) is 0 Å². The Balaban J connectivity index is 2.17. The molecular weight excluding hydrogens is 300 g/mol. The van der Waals surface area contributed by atoms with Crippen molar-refractivity contribution in [3.05, 3.63) is 33.3 Å². The lowest BCUT2D eigenvalue weighted by molar-refractivity contribution is 0.0907. The van der Waals surface area contributed by atoms with Crippen LogP contribution in [0.1, 0.15) is 48.9 Å². The molecule has 0 unspecified atom stereocenters. The fourth-order valence-corrected chi connectivity index (χ4v) is 3.33. The maximum atomic E-state index is 12.4. The average Bonchev–Trinajstić information content (AvgIpc) is 2.56. The first-order valence-electron chi connectivity index (χ1n) is 6.18. The minimum Gasteiger partial charge on any atom is -0.294 e. The lowest BCUT2D eigenvalue weighted by Crippen LogP contribution is -2.14. The highest BCUT2D eigenvalue weighted by atomic mass is 79.9. The molecule has 1 aliphatic rings. The van der Waals surface area contributed by atoms with Crippen LogP contribution < -0.4 is 0 Å². The molecule has 0 amide bonds. The van der Waals surface area contributed by atoms with Gasteiger partial charge in [-0.15, -0.1) is 0 Å². The molecule has 1 fully saturated rings. The third kappa shape index (κ3) is 3.32. The van der Waals surface area contributed by atoms with Gasteiger partial charge in [-0.3, -0.25) is 4.79 Å². The van der Waals surface area contributed by atoms with Crippen molar-refractivity contribution in [1.82, 2.24) is 0 Å². The molecule has 1 aromatic rings. The van der Waals surface area contributed by atoms with Gasteiger partial charge in [0.1, 0.15) is 0 Å². The van der Waals surface area contributed by atoms with Crippen molar-refractivity contribution in [2.75, 3.05) is 0 Å². The van der Waals surface area contributed by atoms with Gasteiger partial charge in [-0.05, 0) is 47.0 Å². The molecule has 1 saturated carbocycles. The standard InChI is InChI=1S/C14H16BrClO/c15-13-9-11(16)7-8-12(13)14(17)10-5-3-1-2-4-6-10/h7-10H,1-6H2. The Morgan fingerprint density at radius 2 is 1.82 bits per heavy atom. The molecule has 1 aliphatic carbocycles. The monoisotopic (exact) mass is 314 g/mol. The third-order valence-electron chi connectivity index (χ3n) is 3.42. The highest BCUT2D eigenvalue weighted by Crippen LogP contribution is 2.29. The maximum Gasteiger partial charge on any atom is 0.167 e. The summed E-state index contributed by atoms with van der Waals surface area (Å²) in [7, 11) is 0. The number of ketones is 1. The average molecular weight is 316 g/mol. The first-order chi connectivity index (χ1) is 8.18. The van der Waals surface area contributed by atoms with Crippen LogP contribution in [0.4, 0.5) is 0 Å². The number of halogens is 2. The molecule has 0 radical (unpaired) electrons. The van der Waals surface area contributed by atoms with Crippen molar-refractivity contribution in [2.45, 2.75) is 38.5 Å². The van der Waals surface area contributed by atoms with Gasteiger partial charge in [0.25, 0.3) is 0 Å². The Morgan fingerprint density at radius 3 is 2.41 bits per heavy atom. The second-order valence-electron chi connectivity index (χ2n) is 4.68. The van der Waals surface area contributed by atoms with Crippen molar-refractivity contribution >= 4 is 33.3 Å². The summed E-state index contributed by atoms with van der Waals surface area (Å²) in [6.07, 6.45) is 6.97. The minimum atomic E-state index is 0.204. The topological polar surface area (TPSA) is 17.1 Å². The molecule has 0 aliphatic heterocycles. The molecule has 0 saturated heterocycles. The number of carbonyl (C=O) groups excluding carboxylic acids is 1. The number of hydrogen-bond donors (Lipinski definition) is 0. The van der Waals surface area contributed by atoms with E-state index in [9.17, 15) is 4.79 Å². The van der Waals surface area contributed by atoms with Crippen LogP contribution in [0.25, 0.3) is 0 Å². The van der Waals surface area contributed by atoms with E-state index in [-0.39, 0.29) is 11.7 Å². The van der Waals surface area contributed by atoms with E-state index in [1.165, 1.54) is 25.7 Å². The van der Waals surface area contributed by atoms with Crippen LogP contribution in [0.15, 0.2) is 22.7 Å². The number of Topliss-reactive ketones (excluding diaryl/α,β-unsaturated/α-hetero) is 1. The number of hydrogen-bond acceptors (Lipinski definition) is 1. The molecule has 0 bridgehead atoms. The van der Waals surface area contributed by atoms with Crippen LogP contribution in [0.2, 0.25) is 5.02 Å². The van der Waals surface area contributed by atoms with Gasteiger partial charge in [-0.1, -0.05) is 37.3 Å². The lowest BCUT2D eigenvalue weighted by atomic mass is 9.91. The van der Waals surface area contributed by atoms with Crippen molar-refractivity contribution in [3.8, 4) is 0 Å². The quantitative estimate of drug-likeness (QED) is 0.537. The summed E-state index contributed by atoms with van der Waals surface area (Å²) < 4.78 is 0.819. The third-order valence-corrected chi connectivity index (χ3v) is 4.31. The van der Waals surface area contributed by atoms with Crippen LogP contribution in [-0.4, -0.2) is 5.78 Å². The molecule has 0 aromatic heterocycles. The molecule has 0 spiro atoms. The van der Waals surface area contributed by atoms with E-state index in [1.807, 2.05) is 6.07 Å². The number of carbonyl (C=O) groups is 1. The van der Waals surface area contributed by atoms with E-state index < -0.39 is 0 Å². The fraction of sp³-hybridized carbons (Fsp3) is 0.500. The van der Waals surface area contributed by atoms with Crippen molar-refractivity contribution in [1.29, 1.82) is 0 Å². The van der Waals surface area contributed by atoms with Gasteiger partial charge in [0.15, 0.2) is 5.78 Å². The molecule has 1 nitrogen and oxygen atoms in total. The molecule has 3 heteroatoms. The van der Waals surface area contributed by atoms with Crippen molar-refractivity contribution < 1.29 is 4.79 Å². The summed E-state index contributed by atoms with van der Waals surface area (Å²) in [5.41, 5.74) is 0.779. The second-order valence-corrected chi connectivity index (χ2v) is 5.97. The van der Waals surface area contributed by atoms with E-state index >= 15 is 0 Å². The van der Waals surface area contributed by atoms with Crippen LogP contribution in [0, 0.1) is 5.92 Å². The van der Waals surface area contributed by atoms with E-state index in [2.05, 4.69) is 15.9 Å². The lowest BCUT2D eigenvalue weighted by Gasteiger charge is -2.13. The zero-order valence-electron chi connectivity index (χ0n) is 9.72. The van der Waals surface area contributed by atoms with Gasteiger partial charge >= 0.3 is 0 Å². The molecule has 92 valence electrons. The predicted molar refractivity (Wildman–Crippen MR) is 74.7 cm³/mol. The largest absolute Gasteiger partial charge is 0.294 e. The summed E-state index contributed by atoms with van der Waals surface area (Å²) in [6, 6.07) is 5.42. The molecule has 17 heavy (non-hydrogen) atoms. The SMILES string of the molecule is O=C(c1ccc(Cl)cc1Br)C1CCCCCC1. The minimum absolute atomic E-state index is 0.204. The van der Waals surface area contributed by atoms with Crippen molar-refractivity contribution in [2.24, 2.45) is 5.92 Å². The predicted octanol–water partition coefficient (Wildman–Crippen LogP) is 5.26.